The molecule has 45 heavy (non-hydrogen) atoms. The molecule has 0 saturated carbocycles. The predicted octanol–water partition coefficient (Wildman–Crippen LogP) is 7.41. The van der Waals surface area contributed by atoms with Crippen molar-refractivity contribution < 1.29 is 18.0 Å². The number of carbonyl (C=O) groups is 1. The molecule has 1 atom stereocenters. The van der Waals surface area contributed by atoms with Crippen molar-refractivity contribution in [2.45, 2.75) is 58.2 Å². The molecule has 0 bridgehead atoms. The van der Waals surface area contributed by atoms with Gasteiger partial charge in [0.1, 0.15) is 0 Å². The van der Waals surface area contributed by atoms with E-state index >= 15 is 0 Å². The highest BCUT2D eigenvalue weighted by Gasteiger charge is 2.37. The number of hydrogen-bond acceptors (Lipinski definition) is 5. The zero-order valence-corrected chi connectivity index (χ0v) is 26.1. The molecular formula is C34H35F3N6OS. The number of nitriles is 1. The molecule has 1 heterocycles. The van der Waals surface area contributed by atoms with Gasteiger partial charge in [-0.2, -0.15) is 18.4 Å². The Labute approximate surface area is 266 Å². The van der Waals surface area contributed by atoms with Crippen LogP contribution in [0.1, 0.15) is 72.5 Å². The first-order valence-corrected chi connectivity index (χ1v) is 15.0. The highest BCUT2D eigenvalue weighted by atomic mass is 32.1. The first kappa shape index (κ1) is 33.4. The molecule has 0 fully saturated rings. The average Bonchev–Trinajstić information content (AvgIpc) is 3.47. The number of benzene rings is 3. The summed E-state index contributed by atoms with van der Waals surface area (Å²) in [4.78, 5) is 18.7. The molecule has 1 amide bonds. The minimum Gasteiger partial charge on any atom is -0.331 e. The van der Waals surface area contributed by atoms with Crippen LogP contribution in [0.25, 0.3) is 0 Å². The van der Waals surface area contributed by atoms with Gasteiger partial charge < -0.3 is 9.88 Å². The highest BCUT2D eigenvalue weighted by molar-refractivity contribution is 7.80. The predicted molar refractivity (Wildman–Crippen MR) is 172 cm³/mol. The summed E-state index contributed by atoms with van der Waals surface area (Å²) < 4.78 is 43.9. The number of thiocarbonyl (C=S) groups is 1. The molecule has 0 radical (unpaired) electrons. The van der Waals surface area contributed by atoms with Gasteiger partial charge in [0.15, 0.2) is 5.11 Å². The Kier molecular flexibility index (Phi) is 11.1. The van der Waals surface area contributed by atoms with Crippen LogP contribution in [0.15, 0.2) is 85.3 Å². The van der Waals surface area contributed by atoms with Crippen molar-refractivity contribution in [3.63, 3.8) is 0 Å². The smallest absolute Gasteiger partial charge is 0.331 e. The molecule has 234 valence electrons. The van der Waals surface area contributed by atoms with Crippen molar-refractivity contribution in [1.82, 2.24) is 20.0 Å². The van der Waals surface area contributed by atoms with E-state index in [1.54, 1.807) is 35.2 Å². The third-order valence-corrected chi connectivity index (χ3v) is 7.64. The van der Waals surface area contributed by atoms with Gasteiger partial charge in [0.25, 0.3) is 5.91 Å². The molecule has 1 aromatic heterocycles. The molecule has 0 aliphatic rings. The maximum atomic E-state index is 14.5. The molecular weight excluding hydrogens is 597 g/mol. The first-order chi connectivity index (χ1) is 21.5. The third kappa shape index (κ3) is 8.56. The van der Waals surface area contributed by atoms with Gasteiger partial charge in [0.2, 0.25) is 0 Å². The molecule has 0 aliphatic carbocycles. The monoisotopic (exact) mass is 632 g/mol. The molecule has 3 aromatic carbocycles. The van der Waals surface area contributed by atoms with Crippen LogP contribution >= 0.6 is 12.2 Å². The fourth-order valence-corrected chi connectivity index (χ4v) is 5.18. The lowest BCUT2D eigenvalue weighted by molar-refractivity contribution is -0.139. The van der Waals surface area contributed by atoms with Gasteiger partial charge in [0.05, 0.1) is 35.1 Å². The second kappa shape index (κ2) is 15.0. The minimum atomic E-state index is -4.61. The number of carbonyl (C=O) groups excluding carboxylic acids is 1. The Bertz CT molecular complexity index is 1640. The number of rotatable bonds is 11. The lowest BCUT2D eigenvalue weighted by Gasteiger charge is -2.29. The van der Waals surface area contributed by atoms with Gasteiger partial charge in [-0.25, -0.2) is 15.4 Å². The van der Waals surface area contributed by atoms with E-state index in [1.807, 2.05) is 31.2 Å². The lowest BCUT2D eigenvalue weighted by atomic mass is 9.92. The number of nitrogens with one attached hydrogen (secondary N) is 2. The molecule has 2 N–H and O–H groups in total. The van der Waals surface area contributed by atoms with Gasteiger partial charge in [-0.3, -0.25) is 4.79 Å². The number of imidazole rings is 1. The van der Waals surface area contributed by atoms with Gasteiger partial charge in [-0.1, -0.05) is 63.2 Å². The quantitative estimate of drug-likeness (QED) is 0.132. The fraction of sp³-hybridized carbons (Fsp3) is 0.294. The number of nitrogens with zero attached hydrogens (tertiary/aromatic N) is 4. The standard InChI is InChI=1S/C34H35F3N6OS/c1-4-17-40-43(33(45)41-28-15-13-26(14-16-28)23(2)3)32(44)29(18-27-7-5-6-8-30(27)34(35,36)37)31-20-39-22-42(31)21-25-11-9-24(19-38)10-12-25/h5-16,20,22-23,29,40H,4,17-18,21H2,1-3H3,(H,41,45). The molecule has 1 unspecified atom stereocenters. The number of anilines is 1. The summed E-state index contributed by atoms with van der Waals surface area (Å²) in [6, 6.07) is 22.0. The van der Waals surface area contributed by atoms with E-state index in [1.165, 1.54) is 29.4 Å². The molecule has 7 nitrogen and oxygen atoms in total. The number of hydrogen-bond donors (Lipinski definition) is 2. The van der Waals surface area contributed by atoms with Crippen molar-refractivity contribution >= 4 is 28.9 Å². The van der Waals surface area contributed by atoms with E-state index in [0.29, 0.717) is 42.4 Å². The largest absolute Gasteiger partial charge is 0.416 e. The number of halogens is 3. The highest BCUT2D eigenvalue weighted by Crippen LogP contribution is 2.35. The van der Waals surface area contributed by atoms with Crippen LogP contribution in [-0.2, 0) is 23.9 Å². The minimum absolute atomic E-state index is 0.0203. The Balaban J connectivity index is 1.73. The zero-order chi connectivity index (χ0) is 32.6. The van der Waals surface area contributed by atoms with E-state index in [9.17, 15) is 18.0 Å². The van der Waals surface area contributed by atoms with Gasteiger partial charge >= 0.3 is 6.18 Å². The van der Waals surface area contributed by atoms with Crippen LogP contribution < -0.4 is 10.7 Å². The number of hydrazine groups is 1. The summed E-state index contributed by atoms with van der Waals surface area (Å²) in [5.74, 6) is -1.27. The maximum Gasteiger partial charge on any atom is 0.416 e. The topological polar surface area (TPSA) is 86.0 Å². The van der Waals surface area contributed by atoms with Crippen molar-refractivity contribution in [3.8, 4) is 6.07 Å². The van der Waals surface area contributed by atoms with Crippen molar-refractivity contribution in [2.75, 3.05) is 11.9 Å². The summed E-state index contributed by atoms with van der Waals surface area (Å²) >= 11 is 5.69. The molecule has 0 aliphatic heterocycles. The second-order valence-electron chi connectivity index (χ2n) is 11.0. The van der Waals surface area contributed by atoms with Crippen LogP contribution in [0.3, 0.4) is 0 Å². The van der Waals surface area contributed by atoms with Gasteiger partial charge in [0, 0.05) is 25.0 Å². The van der Waals surface area contributed by atoms with Crippen molar-refractivity contribution in [2.24, 2.45) is 0 Å². The number of amides is 1. The molecule has 0 saturated heterocycles. The molecule has 0 spiro atoms. The number of alkyl halides is 3. The first-order valence-electron chi connectivity index (χ1n) is 14.6. The van der Waals surface area contributed by atoms with Crippen LogP contribution in [0.4, 0.5) is 18.9 Å². The van der Waals surface area contributed by atoms with Gasteiger partial charge in [-0.05, 0) is 78.0 Å². The molecule has 4 rings (SSSR count). The maximum absolute atomic E-state index is 14.5. The Morgan fingerprint density at radius 1 is 1.07 bits per heavy atom. The summed E-state index contributed by atoms with van der Waals surface area (Å²) in [5, 5.41) is 13.6. The summed E-state index contributed by atoms with van der Waals surface area (Å²) in [6.45, 7) is 6.80. The Morgan fingerprint density at radius 3 is 2.38 bits per heavy atom. The Morgan fingerprint density at radius 2 is 1.76 bits per heavy atom. The van der Waals surface area contributed by atoms with Crippen molar-refractivity contribution in [1.29, 1.82) is 5.26 Å². The zero-order valence-electron chi connectivity index (χ0n) is 25.3. The Hall–Kier alpha value is -4.53. The summed E-state index contributed by atoms with van der Waals surface area (Å²) in [5.41, 5.74) is 5.81. The second-order valence-corrected chi connectivity index (χ2v) is 11.3. The summed E-state index contributed by atoms with van der Waals surface area (Å²) in [7, 11) is 0. The SMILES string of the molecule is CCCNN(C(=O)C(Cc1ccccc1C(F)(F)F)c1cncn1Cc1ccc(C#N)cc1)C(=S)Nc1ccc(C(C)C)cc1. The lowest BCUT2D eigenvalue weighted by Crippen LogP contribution is -2.51. The third-order valence-electron chi connectivity index (χ3n) is 7.35. The van der Waals surface area contributed by atoms with E-state index in [0.717, 1.165) is 17.2 Å². The van der Waals surface area contributed by atoms with Crippen LogP contribution in [0, 0.1) is 11.3 Å². The normalized spacial score (nSPS) is 12.0. The summed E-state index contributed by atoms with van der Waals surface area (Å²) in [6.07, 6.45) is -1.13. The van der Waals surface area contributed by atoms with E-state index in [4.69, 9.17) is 17.5 Å². The molecule has 4 aromatic rings. The van der Waals surface area contributed by atoms with E-state index < -0.39 is 23.6 Å². The van der Waals surface area contributed by atoms with E-state index in [2.05, 4.69) is 35.6 Å². The molecule has 11 heteroatoms. The fourth-order valence-electron chi connectivity index (χ4n) is 4.91. The van der Waals surface area contributed by atoms with Crippen LogP contribution in [0.2, 0.25) is 0 Å². The van der Waals surface area contributed by atoms with Crippen LogP contribution in [0.5, 0.6) is 0 Å². The van der Waals surface area contributed by atoms with Gasteiger partial charge in [-0.15, -0.1) is 0 Å². The van der Waals surface area contributed by atoms with Crippen molar-refractivity contribution in [3.05, 3.63) is 119 Å². The number of aromatic nitrogens is 2. The van der Waals surface area contributed by atoms with Crippen LogP contribution in [-0.4, -0.2) is 32.1 Å². The average molecular weight is 633 g/mol. The van der Waals surface area contributed by atoms with E-state index in [-0.39, 0.29) is 17.1 Å².